The minimum Gasteiger partial charge on any atom is -0.479 e. The molecule has 2 aliphatic rings. The first kappa shape index (κ1) is 11.2. The summed E-state index contributed by atoms with van der Waals surface area (Å²) in [6, 6.07) is 5.18. The van der Waals surface area contributed by atoms with E-state index in [1.54, 1.807) is 24.4 Å². The number of amides is 1. The smallest absolute Gasteiger partial charge is 0.329 e. The normalized spacial score (nSPS) is 29.6. The summed E-state index contributed by atoms with van der Waals surface area (Å²) in [5.74, 6) is -1.14. The third-order valence-corrected chi connectivity index (χ3v) is 4.03. The molecule has 3 heterocycles. The van der Waals surface area contributed by atoms with Crippen molar-refractivity contribution in [3.63, 3.8) is 0 Å². The van der Waals surface area contributed by atoms with Crippen LogP contribution in [0.4, 0.5) is 0 Å². The lowest BCUT2D eigenvalue weighted by atomic mass is 9.68. The standard InChI is InChI=1S/C13H14N2O3/c16-11(10-5-1-2-7-14-10)15-9-4-3-6-13(15,8-9)12(17)18/h1-2,5,7,9H,3-4,6,8H2,(H,17,18)/t9-,13+/m1/s1. The van der Waals surface area contributed by atoms with Crippen LogP contribution in [0, 0.1) is 0 Å². The minimum absolute atomic E-state index is 0.0735. The van der Waals surface area contributed by atoms with Crippen molar-refractivity contribution in [2.75, 3.05) is 0 Å². The monoisotopic (exact) mass is 246 g/mol. The zero-order valence-electron chi connectivity index (χ0n) is 9.87. The quantitative estimate of drug-likeness (QED) is 0.854. The van der Waals surface area contributed by atoms with Crippen LogP contribution in [0.25, 0.3) is 0 Å². The van der Waals surface area contributed by atoms with E-state index < -0.39 is 11.5 Å². The zero-order chi connectivity index (χ0) is 12.8. The number of nitrogens with zero attached hydrogens (tertiary/aromatic N) is 2. The number of hydrogen-bond donors (Lipinski definition) is 1. The molecule has 18 heavy (non-hydrogen) atoms. The number of carboxylic acids is 1. The topological polar surface area (TPSA) is 70.5 Å². The first-order valence-electron chi connectivity index (χ1n) is 6.13. The molecule has 0 radical (unpaired) electrons. The van der Waals surface area contributed by atoms with Crippen molar-refractivity contribution in [3.05, 3.63) is 30.1 Å². The Morgan fingerprint density at radius 3 is 2.89 bits per heavy atom. The number of piperidine rings is 1. The lowest BCUT2D eigenvalue weighted by Gasteiger charge is -2.59. The van der Waals surface area contributed by atoms with Crippen molar-refractivity contribution < 1.29 is 14.7 Å². The Labute approximate surface area is 104 Å². The van der Waals surface area contributed by atoms with Crippen molar-refractivity contribution >= 4 is 11.9 Å². The van der Waals surface area contributed by atoms with Crippen molar-refractivity contribution in [2.45, 2.75) is 37.3 Å². The SMILES string of the molecule is O=C(c1ccccn1)N1[C@@H]2CCC[C@@]1(C(=O)O)C2. The number of carbonyl (C=O) groups is 2. The minimum atomic E-state index is -0.975. The van der Waals surface area contributed by atoms with Gasteiger partial charge in [0.1, 0.15) is 11.2 Å². The second kappa shape index (κ2) is 3.80. The van der Waals surface area contributed by atoms with Crippen LogP contribution in [0.3, 0.4) is 0 Å². The van der Waals surface area contributed by atoms with E-state index in [0.29, 0.717) is 18.5 Å². The molecule has 0 saturated carbocycles. The van der Waals surface area contributed by atoms with Gasteiger partial charge in [-0.25, -0.2) is 4.79 Å². The van der Waals surface area contributed by atoms with Gasteiger partial charge in [-0.2, -0.15) is 0 Å². The van der Waals surface area contributed by atoms with Gasteiger partial charge in [-0.1, -0.05) is 6.07 Å². The summed E-state index contributed by atoms with van der Waals surface area (Å²) in [7, 11) is 0. The van der Waals surface area contributed by atoms with Crippen molar-refractivity contribution in [2.24, 2.45) is 0 Å². The first-order valence-corrected chi connectivity index (χ1v) is 6.13. The van der Waals surface area contributed by atoms with Crippen LogP contribution in [-0.4, -0.2) is 38.4 Å². The Hall–Kier alpha value is -1.91. The molecule has 5 nitrogen and oxygen atoms in total. The maximum atomic E-state index is 12.4. The number of rotatable bonds is 2. The van der Waals surface area contributed by atoms with E-state index in [4.69, 9.17) is 0 Å². The third-order valence-electron chi connectivity index (χ3n) is 4.03. The Morgan fingerprint density at radius 1 is 1.44 bits per heavy atom. The molecule has 5 heteroatoms. The van der Waals surface area contributed by atoms with Crippen molar-refractivity contribution in [1.29, 1.82) is 0 Å². The van der Waals surface area contributed by atoms with Crippen molar-refractivity contribution in [1.82, 2.24) is 9.88 Å². The van der Waals surface area contributed by atoms with E-state index in [1.807, 2.05) is 0 Å². The number of hydrogen-bond acceptors (Lipinski definition) is 3. The van der Waals surface area contributed by atoms with Crippen LogP contribution in [0.15, 0.2) is 24.4 Å². The summed E-state index contributed by atoms with van der Waals surface area (Å²) in [4.78, 5) is 29.3. The summed E-state index contributed by atoms with van der Waals surface area (Å²) in [6.07, 6.45) is 4.46. The highest BCUT2D eigenvalue weighted by Gasteiger charge is 2.61. The molecule has 1 N–H and O–H groups in total. The summed E-state index contributed by atoms with van der Waals surface area (Å²) < 4.78 is 0. The number of fused-ring (bicyclic) bond motifs is 2. The van der Waals surface area contributed by atoms with Gasteiger partial charge in [0.15, 0.2) is 0 Å². The fraction of sp³-hybridized carbons (Fsp3) is 0.462. The van der Waals surface area contributed by atoms with Crippen LogP contribution < -0.4 is 0 Å². The van der Waals surface area contributed by atoms with Crippen LogP contribution >= 0.6 is 0 Å². The van der Waals surface area contributed by atoms with Gasteiger partial charge in [-0.15, -0.1) is 0 Å². The maximum absolute atomic E-state index is 12.4. The van der Waals surface area contributed by atoms with Gasteiger partial charge < -0.3 is 10.0 Å². The zero-order valence-corrected chi connectivity index (χ0v) is 9.87. The molecule has 2 saturated heterocycles. The highest BCUT2D eigenvalue weighted by molar-refractivity contribution is 5.98. The summed E-state index contributed by atoms with van der Waals surface area (Å²) in [5.41, 5.74) is -0.646. The predicted molar refractivity (Wildman–Crippen MR) is 63.0 cm³/mol. The molecule has 2 aliphatic heterocycles. The first-order chi connectivity index (χ1) is 8.65. The number of carbonyl (C=O) groups excluding carboxylic acids is 1. The second-order valence-electron chi connectivity index (χ2n) is 4.98. The molecule has 2 bridgehead atoms. The van der Waals surface area contributed by atoms with E-state index in [9.17, 15) is 14.7 Å². The Kier molecular flexibility index (Phi) is 2.36. The molecule has 1 amide bonds. The molecule has 1 aromatic rings. The van der Waals surface area contributed by atoms with Gasteiger partial charge in [0.25, 0.3) is 5.91 Å². The van der Waals surface area contributed by atoms with Crippen molar-refractivity contribution in [3.8, 4) is 0 Å². The van der Waals surface area contributed by atoms with Gasteiger partial charge in [-0.3, -0.25) is 9.78 Å². The molecular weight excluding hydrogens is 232 g/mol. The van der Waals surface area contributed by atoms with Gasteiger partial charge in [0.05, 0.1) is 0 Å². The van der Waals surface area contributed by atoms with E-state index in [1.165, 1.54) is 4.90 Å². The summed E-state index contributed by atoms with van der Waals surface area (Å²) in [5, 5.41) is 9.39. The largest absolute Gasteiger partial charge is 0.479 e. The summed E-state index contributed by atoms with van der Waals surface area (Å²) in [6.45, 7) is 0. The molecule has 94 valence electrons. The van der Waals surface area contributed by atoms with Gasteiger partial charge in [0, 0.05) is 18.7 Å². The average molecular weight is 246 g/mol. The van der Waals surface area contributed by atoms with E-state index in [0.717, 1.165) is 12.8 Å². The summed E-state index contributed by atoms with van der Waals surface area (Å²) >= 11 is 0. The molecule has 2 atom stereocenters. The Bertz CT molecular complexity index is 498. The van der Waals surface area contributed by atoms with Crippen LogP contribution in [-0.2, 0) is 4.79 Å². The molecule has 0 aliphatic carbocycles. The Balaban J connectivity index is 1.92. The van der Waals surface area contributed by atoms with Gasteiger partial charge in [-0.05, 0) is 31.4 Å². The van der Waals surface area contributed by atoms with E-state index >= 15 is 0 Å². The molecule has 0 aromatic carbocycles. The molecular formula is C13H14N2O3. The van der Waals surface area contributed by atoms with E-state index in [2.05, 4.69) is 4.98 Å². The van der Waals surface area contributed by atoms with E-state index in [-0.39, 0.29) is 11.9 Å². The lowest BCUT2D eigenvalue weighted by molar-refractivity contribution is -0.170. The fourth-order valence-corrected chi connectivity index (χ4v) is 3.17. The predicted octanol–water partition coefficient (Wildman–Crippen LogP) is 1.30. The fourth-order valence-electron chi connectivity index (χ4n) is 3.17. The molecule has 1 aromatic heterocycles. The van der Waals surface area contributed by atoms with Crippen LogP contribution in [0.2, 0.25) is 0 Å². The maximum Gasteiger partial charge on any atom is 0.329 e. The highest BCUT2D eigenvalue weighted by atomic mass is 16.4. The Morgan fingerprint density at radius 2 is 2.28 bits per heavy atom. The molecule has 0 spiro atoms. The molecule has 3 rings (SSSR count). The number of pyridine rings is 1. The lowest BCUT2D eigenvalue weighted by Crippen LogP contribution is -2.73. The second-order valence-corrected chi connectivity index (χ2v) is 4.98. The van der Waals surface area contributed by atoms with Crippen LogP contribution in [0.1, 0.15) is 36.2 Å². The number of carboxylic acid groups (broad SMARTS) is 1. The van der Waals surface area contributed by atoms with Gasteiger partial charge >= 0.3 is 5.97 Å². The molecule has 2 fully saturated rings. The number of aliphatic carboxylic acids is 1. The van der Waals surface area contributed by atoms with Gasteiger partial charge in [0.2, 0.25) is 0 Å². The van der Waals surface area contributed by atoms with Crippen LogP contribution in [0.5, 0.6) is 0 Å². The average Bonchev–Trinajstić information content (AvgIpc) is 2.39. The highest BCUT2D eigenvalue weighted by Crippen LogP contribution is 2.48. The number of aromatic nitrogens is 1. The third kappa shape index (κ3) is 1.36. The molecule has 0 unspecified atom stereocenters.